The Balaban J connectivity index is 3.18. The van der Waals surface area contributed by atoms with Crippen molar-refractivity contribution in [2.75, 3.05) is 6.61 Å². The van der Waals surface area contributed by atoms with Crippen molar-refractivity contribution in [2.45, 2.75) is 26.4 Å². The van der Waals surface area contributed by atoms with Crippen molar-refractivity contribution in [1.82, 2.24) is 0 Å². The molecule has 0 aliphatic carbocycles. The van der Waals surface area contributed by atoms with Crippen LogP contribution < -0.4 is 0 Å². The SMILES string of the molecule is CC=CCOC(C(=O)O)(c1ccccc1)C(C)C. The maximum atomic E-state index is 11.7. The lowest BCUT2D eigenvalue weighted by Crippen LogP contribution is -2.43. The molecule has 0 aromatic heterocycles. The average Bonchev–Trinajstić information content (AvgIpc) is 2.35. The number of benzene rings is 1. The minimum atomic E-state index is -1.29. The van der Waals surface area contributed by atoms with Crippen molar-refractivity contribution < 1.29 is 14.6 Å². The Bertz CT molecular complexity index is 409. The largest absolute Gasteiger partial charge is 0.479 e. The van der Waals surface area contributed by atoms with Gasteiger partial charge in [0.05, 0.1) is 6.61 Å². The molecule has 1 aromatic rings. The molecule has 0 amide bonds. The minimum Gasteiger partial charge on any atom is -0.479 e. The monoisotopic (exact) mass is 248 g/mol. The van der Waals surface area contributed by atoms with Gasteiger partial charge in [-0.05, 0) is 18.4 Å². The summed E-state index contributed by atoms with van der Waals surface area (Å²) < 4.78 is 5.69. The van der Waals surface area contributed by atoms with E-state index in [1.54, 1.807) is 12.1 Å². The standard InChI is InChI=1S/C15H20O3/c1-4-5-11-18-15(12(2)3,14(16)17)13-9-7-6-8-10-13/h4-10,12H,11H2,1-3H3,(H,16,17). The first kappa shape index (κ1) is 14.5. The molecule has 1 N–H and O–H groups in total. The van der Waals surface area contributed by atoms with Crippen LogP contribution in [-0.4, -0.2) is 17.7 Å². The molecule has 3 nitrogen and oxygen atoms in total. The summed E-state index contributed by atoms with van der Waals surface area (Å²) in [6.45, 7) is 5.88. The molecule has 1 atom stereocenters. The van der Waals surface area contributed by atoms with Gasteiger partial charge in [0.1, 0.15) is 0 Å². The van der Waals surface area contributed by atoms with Crippen molar-refractivity contribution in [3.63, 3.8) is 0 Å². The molecule has 0 radical (unpaired) electrons. The zero-order valence-electron chi connectivity index (χ0n) is 11.1. The number of hydrogen-bond donors (Lipinski definition) is 1. The van der Waals surface area contributed by atoms with E-state index in [1.807, 2.05) is 51.1 Å². The Labute approximate surface area is 108 Å². The first-order valence-electron chi connectivity index (χ1n) is 6.09. The summed E-state index contributed by atoms with van der Waals surface area (Å²) in [4.78, 5) is 11.7. The summed E-state index contributed by atoms with van der Waals surface area (Å²) in [6.07, 6.45) is 3.65. The van der Waals surface area contributed by atoms with Gasteiger partial charge in [0.25, 0.3) is 0 Å². The zero-order valence-corrected chi connectivity index (χ0v) is 11.1. The van der Waals surface area contributed by atoms with Gasteiger partial charge in [-0.3, -0.25) is 0 Å². The number of rotatable bonds is 6. The van der Waals surface area contributed by atoms with Gasteiger partial charge in [-0.25, -0.2) is 4.79 Å². The molecule has 1 rings (SSSR count). The van der Waals surface area contributed by atoms with Crippen LogP contribution in [0.4, 0.5) is 0 Å². The normalized spacial score (nSPS) is 14.9. The topological polar surface area (TPSA) is 46.5 Å². The summed E-state index contributed by atoms with van der Waals surface area (Å²) in [5, 5.41) is 9.60. The molecule has 0 fully saturated rings. The fourth-order valence-corrected chi connectivity index (χ4v) is 1.98. The van der Waals surface area contributed by atoms with Gasteiger partial charge in [0, 0.05) is 0 Å². The van der Waals surface area contributed by atoms with Crippen molar-refractivity contribution in [3.8, 4) is 0 Å². The van der Waals surface area contributed by atoms with E-state index >= 15 is 0 Å². The Morgan fingerprint density at radius 1 is 1.39 bits per heavy atom. The van der Waals surface area contributed by atoms with E-state index in [4.69, 9.17) is 4.74 Å². The lowest BCUT2D eigenvalue weighted by atomic mass is 9.83. The van der Waals surface area contributed by atoms with Gasteiger partial charge in [-0.15, -0.1) is 0 Å². The number of carbonyl (C=O) groups is 1. The third-order valence-electron chi connectivity index (χ3n) is 2.98. The van der Waals surface area contributed by atoms with E-state index in [0.717, 1.165) is 0 Å². The highest BCUT2D eigenvalue weighted by molar-refractivity contribution is 5.79. The van der Waals surface area contributed by atoms with Crippen LogP contribution in [0.1, 0.15) is 26.3 Å². The lowest BCUT2D eigenvalue weighted by molar-refractivity contribution is -0.173. The predicted molar refractivity (Wildman–Crippen MR) is 71.4 cm³/mol. The summed E-state index contributed by atoms with van der Waals surface area (Å²) in [5.74, 6) is -1.11. The number of allylic oxidation sites excluding steroid dienone is 1. The molecule has 0 bridgehead atoms. The van der Waals surface area contributed by atoms with Crippen LogP contribution in [0.2, 0.25) is 0 Å². The highest BCUT2D eigenvalue weighted by Gasteiger charge is 2.44. The molecule has 0 saturated heterocycles. The van der Waals surface area contributed by atoms with Gasteiger partial charge in [0.2, 0.25) is 0 Å². The van der Waals surface area contributed by atoms with E-state index in [1.165, 1.54) is 0 Å². The lowest BCUT2D eigenvalue weighted by Gasteiger charge is -2.33. The van der Waals surface area contributed by atoms with E-state index in [0.29, 0.717) is 5.56 Å². The predicted octanol–water partition coefficient (Wildman–Crippen LogP) is 3.22. The Hall–Kier alpha value is -1.61. The van der Waals surface area contributed by atoms with Gasteiger partial charge in [-0.2, -0.15) is 0 Å². The maximum Gasteiger partial charge on any atom is 0.340 e. The van der Waals surface area contributed by atoms with Gasteiger partial charge >= 0.3 is 5.97 Å². The number of aliphatic carboxylic acids is 1. The van der Waals surface area contributed by atoms with Crippen molar-refractivity contribution in [1.29, 1.82) is 0 Å². The smallest absolute Gasteiger partial charge is 0.340 e. The Kier molecular flexibility index (Phi) is 5.10. The van der Waals surface area contributed by atoms with Crippen LogP contribution in [0.25, 0.3) is 0 Å². The molecule has 3 heteroatoms. The number of hydrogen-bond acceptors (Lipinski definition) is 2. The van der Waals surface area contributed by atoms with Gasteiger partial charge in [0.15, 0.2) is 5.60 Å². The summed E-state index contributed by atoms with van der Waals surface area (Å²) in [7, 11) is 0. The fourth-order valence-electron chi connectivity index (χ4n) is 1.98. The van der Waals surface area contributed by atoms with E-state index in [9.17, 15) is 9.90 Å². The second-order valence-corrected chi connectivity index (χ2v) is 4.44. The molecule has 98 valence electrons. The molecule has 18 heavy (non-hydrogen) atoms. The minimum absolute atomic E-state index is 0.164. The Morgan fingerprint density at radius 2 is 2.00 bits per heavy atom. The summed E-state index contributed by atoms with van der Waals surface area (Å²) in [6, 6.07) is 9.11. The number of ether oxygens (including phenoxy) is 1. The van der Waals surface area contributed by atoms with Crippen LogP contribution in [0.3, 0.4) is 0 Å². The van der Waals surface area contributed by atoms with Crippen LogP contribution in [-0.2, 0) is 15.1 Å². The van der Waals surface area contributed by atoms with E-state index < -0.39 is 11.6 Å². The molecule has 1 unspecified atom stereocenters. The zero-order chi connectivity index (χ0) is 13.6. The molecule has 0 spiro atoms. The molecule has 0 heterocycles. The second kappa shape index (κ2) is 6.36. The van der Waals surface area contributed by atoms with E-state index in [-0.39, 0.29) is 12.5 Å². The quantitative estimate of drug-likeness (QED) is 0.786. The van der Waals surface area contributed by atoms with Crippen molar-refractivity contribution >= 4 is 5.97 Å². The first-order valence-corrected chi connectivity index (χ1v) is 6.09. The molecule has 1 aromatic carbocycles. The molecule has 0 aliphatic heterocycles. The third-order valence-corrected chi connectivity index (χ3v) is 2.98. The Morgan fingerprint density at radius 3 is 2.44 bits per heavy atom. The van der Waals surface area contributed by atoms with Crippen LogP contribution in [0, 0.1) is 5.92 Å². The van der Waals surface area contributed by atoms with Crippen molar-refractivity contribution in [2.24, 2.45) is 5.92 Å². The fraction of sp³-hybridized carbons (Fsp3) is 0.400. The highest BCUT2D eigenvalue weighted by Crippen LogP contribution is 2.34. The molecule has 0 aliphatic rings. The first-order chi connectivity index (χ1) is 8.55. The van der Waals surface area contributed by atoms with Crippen LogP contribution in [0.5, 0.6) is 0 Å². The van der Waals surface area contributed by atoms with Crippen LogP contribution in [0.15, 0.2) is 42.5 Å². The van der Waals surface area contributed by atoms with E-state index in [2.05, 4.69) is 0 Å². The maximum absolute atomic E-state index is 11.7. The molecular weight excluding hydrogens is 228 g/mol. The molecule has 0 saturated carbocycles. The summed E-state index contributed by atoms with van der Waals surface area (Å²) >= 11 is 0. The summed E-state index contributed by atoms with van der Waals surface area (Å²) in [5.41, 5.74) is -0.613. The average molecular weight is 248 g/mol. The van der Waals surface area contributed by atoms with Crippen LogP contribution >= 0.6 is 0 Å². The third kappa shape index (κ3) is 2.79. The molecular formula is C15H20O3. The number of carboxylic acids is 1. The van der Waals surface area contributed by atoms with Gasteiger partial charge in [-0.1, -0.05) is 56.3 Å². The van der Waals surface area contributed by atoms with Crippen molar-refractivity contribution in [3.05, 3.63) is 48.0 Å². The highest BCUT2D eigenvalue weighted by atomic mass is 16.5. The number of carboxylic acid groups (broad SMARTS) is 1. The van der Waals surface area contributed by atoms with Gasteiger partial charge < -0.3 is 9.84 Å². The second-order valence-electron chi connectivity index (χ2n) is 4.44.